The van der Waals surface area contributed by atoms with Crippen LogP contribution in [0.15, 0.2) is 84.7 Å². The van der Waals surface area contributed by atoms with Crippen molar-refractivity contribution in [2.45, 2.75) is 12.6 Å². The number of Topliss-reactive ketones (excluding diaryl/α,β-unsaturated/α-hetero) is 1. The average Bonchev–Trinajstić information content (AvgIpc) is 3.00. The van der Waals surface area contributed by atoms with Gasteiger partial charge in [-0.3, -0.25) is 14.6 Å². The lowest BCUT2D eigenvalue weighted by atomic mass is 9.95. The second kappa shape index (κ2) is 7.89. The Kier molecular flexibility index (Phi) is 5.14. The molecule has 1 fully saturated rings. The van der Waals surface area contributed by atoms with Gasteiger partial charge in [-0.15, -0.1) is 0 Å². The predicted octanol–water partition coefficient (Wildman–Crippen LogP) is 4.36. The fourth-order valence-electron chi connectivity index (χ4n) is 3.50. The summed E-state index contributed by atoms with van der Waals surface area (Å²) in [6.45, 7) is 0.167. The third-order valence-corrected chi connectivity index (χ3v) is 5.21. The van der Waals surface area contributed by atoms with E-state index in [4.69, 9.17) is 11.6 Å². The maximum atomic E-state index is 12.9. The Morgan fingerprint density at radius 3 is 2.41 bits per heavy atom. The number of carbonyl (C=O) groups is 2. The number of halogens is 1. The molecule has 6 heteroatoms. The van der Waals surface area contributed by atoms with Gasteiger partial charge in [-0.2, -0.15) is 0 Å². The first kappa shape index (κ1) is 18.9. The van der Waals surface area contributed by atoms with Gasteiger partial charge in [-0.1, -0.05) is 66.2 Å². The summed E-state index contributed by atoms with van der Waals surface area (Å²) in [5, 5.41) is 11.4. The van der Waals surface area contributed by atoms with E-state index in [1.807, 2.05) is 12.1 Å². The first-order chi connectivity index (χ1) is 14.1. The minimum Gasteiger partial charge on any atom is -0.507 e. The largest absolute Gasteiger partial charge is 0.507 e. The molecule has 144 valence electrons. The number of nitrogens with zero attached hydrogens (tertiary/aromatic N) is 2. The van der Waals surface area contributed by atoms with Crippen molar-refractivity contribution >= 4 is 29.1 Å². The quantitative estimate of drug-likeness (QED) is 0.398. The van der Waals surface area contributed by atoms with Crippen molar-refractivity contribution in [3.63, 3.8) is 0 Å². The number of amides is 1. The fraction of sp³-hybridized carbons (Fsp3) is 0.0870. The lowest BCUT2D eigenvalue weighted by Gasteiger charge is -2.26. The Balaban J connectivity index is 1.89. The zero-order chi connectivity index (χ0) is 20.4. The van der Waals surface area contributed by atoms with Crippen molar-refractivity contribution in [2.24, 2.45) is 0 Å². The van der Waals surface area contributed by atoms with Crippen molar-refractivity contribution in [3.8, 4) is 0 Å². The average molecular weight is 405 g/mol. The molecular formula is C23H17ClN2O3. The molecule has 4 rings (SSSR count). The molecule has 1 aromatic heterocycles. The van der Waals surface area contributed by atoms with Crippen molar-refractivity contribution < 1.29 is 14.7 Å². The topological polar surface area (TPSA) is 70.5 Å². The van der Waals surface area contributed by atoms with E-state index in [9.17, 15) is 14.7 Å². The summed E-state index contributed by atoms with van der Waals surface area (Å²) in [7, 11) is 0. The third kappa shape index (κ3) is 3.52. The molecular weight excluding hydrogens is 388 g/mol. The number of aromatic nitrogens is 1. The summed E-state index contributed by atoms with van der Waals surface area (Å²) in [4.78, 5) is 31.4. The van der Waals surface area contributed by atoms with Gasteiger partial charge in [0.2, 0.25) is 0 Å². The maximum absolute atomic E-state index is 12.9. The number of ketones is 1. The number of hydrogen-bond acceptors (Lipinski definition) is 4. The molecule has 1 saturated heterocycles. The van der Waals surface area contributed by atoms with Gasteiger partial charge in [-0.05, 0) is 23.3 Å². The molecule has 0 radical (unpaired) electrons. The molecule has 1 aliphatic rings. The second-order valence-corrected chi connectivity index (χ2v) is 7.08. The minimum absolute atomic E-state index is 0.0261. The van der Waals surface area contributed by atoms with Crippen molar-refractivity contribution in [2.75, 3.05) is 0 Å². The molecule has 0 unspecified atom stereocenters. The van der Waals surface area contributed by atoms with E-state index in [1.54, 1.807) is 67.0 Å². The normalized spacial score (nSPS) is 18.2. The molecule has 1 N–H and O–H groups in total. The van der Waals surface area contributed by atoms with Crippen LogP contribution in [-0.4, -0.2) is 26.7 Å². The van der Waals surface area contributed by atoms with Crippen LogP contribution in [0, 0.1) is 0 Å². The van der Waals surface area contributed by atoms with Gasteiger partial charge in [0.25, 0.3) is 11.7 Å². The lowest BCUT2D eigenvalue weighted by molar-refractivity contribution is -0.140. The zero-order valence-corrected chi connectivity index (χ0v) is 16.1. The smallest absolute Gasteiger partial charge is 0.295 e. The Labute approximate surface area is 172 Å². The van der Waals surface area contributed by atoms with Crippen LogP contribution >= 0.6 is 11.6 Å². The molecule has 1 amide bonds. The van der Waals surface area contributed by atoms with E-state index in [-0.39, 0.29) is 17.9 Å². The van der Waals surface area contributed by atoms with Gasteiger partial charge in [-0.25, -0.2) is 0 Å². The second-order valence-electron chi connectivity index (χ2n) is 6.68. The van der Waals surface area contributed by atoms with E-state index in [1.165, 1.54) is 4.90 Å². The lowest BCUT2D eigenvalue weighted by Crippen LogP contribution is -2.29. The number of carbonyl (C=O) groups excluding carboxylic acids is 2. The van der Waals surface area contributed by atoms with E-state index in [0.29, 0.717) is 16.1 Å². The summed E-state index contributed by atoms with van der Waals surface area (Å²) in [5.41, 5.74) is 1.84. The van der Waals surface area contributed by atoms with E-state index in [0.717, 1.165) is 5.56 Å². The van der Waals surface area contributed by atoms with Crippen LogP contribution in [0.25, 0.3) is 5.76 Å². The van der Waals surface area contributed by atoms with Crippen LogP contribution in [0.3, 0.4) is 0 Å². The Hall–Kier alpha value is -3.44. The molecule has 1 aliphatic heterocycles. The van der Waals surface area contributed by atoms with Crippen LogP contribution < -0.4 is 0 Å². The molecule has 2 aromatic carbocycles. The molecule has 0 spiro atoms. The van der Waals surface area contributed by atoms with E-state index < -0.39 is 17.7 Å². The summed E-state index contributed by atoms with van der Waals surface area (Å²) in [6, 6.07) is 18.5. The third-order valence-electron chi connectivity index (χ3n) is 4.86. The highest BCUT2D eigenvalue weighted by Gasteiger charge is 2.46. The minimum atomic E-state index is -0.802. The molecule has 0 aliphatic carbocycles. The first-order valence-electron chi connectivity index (χ1n) is 9.05. The SMILES string of the molecule is O=C1C(=O)N(Cc2cccnc2)[C@H](c2ccccc2Cl)C1=C(O)c1ccccc1. The van der Waals surface area contributed by atoms with Gasteiger partial charge in [0, 0.05) is 29.5 Å². The number of pyridine rings is 1. The highest BCUT2D eigenvalue weighted by atomic mass is 35.5. The number of benzene rings is 2. The zero-order valence-electron chi connectivity index (χ0n) is 15.3. The monoisotopic (exact) mass is 404 g/mol. The van der Waals surface area contributed by atoms with Gasteiger partial charge < -0.3 is 10.0 Å². The summed E-state index contributed by atoms with van der Waals surface area (Å²) in [6.07, 6.45) is 3.28. The van der Waals surface area contributed by atoms with Gasteiger partial charge in [0.05, 0.1) is 11.6 Å². The van der Waals surface area contributed by atoms with Crippen LogP contribution in [0.2, 0.25) is 5.02 Å². The predicted molar refractivity (Wildman–Crippen MR) is 110 cm³/mol. The number of likely N-dealkylation sites (tertiary alicyclic amines) is 1. The molecule has 1 atom stereocenters. The number of hydrogen-bond donors (Lipinski definition) is 1. The molecule has 0 saturated carbocycles. The molecule has 3 aromatic rings. The van der Waals surface area contributed by atoms with Gasteiger partial charge in [0.15, 0.2) is 0 Å². The van der Waals surface area contributed by atoms with Gasteiger partial charge >= 0.3 is 0 Å². The van der Waals surface area contributed by atoms with E-state index >= 15 is 0 Å². The summed E-state index contributed by atoms with van der Waals surface area (Å²) in [5.74, 6) is -1.64. The Bertz CT molecular complexity index is 1100. The number of rotatable bonds is 4. The first-order valence-corrected chi connectivity index (χ1v) is 9.43. The number of aliphatic hydroxyl groups is 1. The van der Waals surface area contributed by atoms with Crippen LogP contribution in [0.4, 0.5) is 0 Å². The molecule has 29 heavy (non-hydrogen) atoms. The highest BCUT2D eigenvalue weighted by Crippen LogP contribution is 2.42. The van der Waals surface area contributed by atoms with E-state index in [2.05, 4.69) is 4.98 Å². The van der Waals surface area contributed by atoms with Crippen LogP contribution in [0.1, 0.15) is 22.7 Å². The van der Waals surface area contributed by atoms with Crippen molar-refractivity contribution in [1.29, 1.82) is 0 Å². The molecule has 2 heterocycles. The summed E-state index contributed by atoms with van der Waals surface area (Å²) < 4.78 is 0. The van der Waals surface area contributed by atoms with Gasteiger partial charge in [0.1, 0.15) is 5.76 Å². The fourth-order valence-corrected chi connectivity index (χ4v) is 3.74. The maximum Gasteiger partial charge on any atom is 0.295 e. The van der Waals surface area contributed by atoms with Crippen LogP contribution in [-0.2, 0) is 16.1 Å². The standard InChI is InChI=1S/C23H17ClN2O3/c24-18-11-5-4-10-17(18)20-19(21(27)16-8-2-1-3-9-16)22(28)23(29)26(20)14-15-7-6-12-25-13-15/h1-13,20,27H,14H2/t20-/m1/s1. The van der Waals surface area contributed by atoms with Crippen molar-refractivity contribution in [3.05, 3.63) is 106 Å². The Morgan fingerprint density at radius 1 is 1.00 bits per heavy atom. The highest BCUT2D eigenvalue weighted by molar-refractivity contribution is 6.46. The Morgan fingerprint density at radius 2 is 1.72 bits per heavy atom. The van der Waals surface area contributed by atoms with Crippen LogP contribution in [0.5, 0.6) is 0 Å². The molecule has 5 nitrogen and oxygen atoms in total. The number of aliphatic hydroxyl groups excluding tert-OH is 1. The molecule has 0 bridgehead atoms. The van der Waals surface area contributed by atoms with Crippen molar-refractivity contribution in [1.82, 2.24) is 9.88 Å². The summed E-state index contributed by atoms with van der Waals surface area (Å²) >= 11 is 6.42.